The Morgan fingerprint density at radius 3 is 2.58 bits per heavy atom. The van der Waals surface area contributed by atoms with Crippen LogP contribution < -0.4 is 5.32 Å². The Hall–Kier alpha value is -0.570. The molecule has 3 nitrogen and oxygen atoms in total. The van der Waals surface area contributed by atoms with E-state index in [0.717, 1.165) is 57.8 Å². The predicted molar refractivity (Wildman–Crippen MR) is 79.0 cm³/mol. The van der Waals surface area contributed by atoms with Crippen LogP contribution >= 0.6 is 0 Å². The number of carbonyl (C=O) groups is 1. The molecule has 2 rings (SSSR count). The van der Waals surface area contributed by atoms with E-state index in [4.69, 9.17) is 0 Å². The normalized spacial score (nSPS) is 27.9. The van der Waals surface area contributed by atoms with E-state index in [1.54, 1.807) is 0 Å². The monoisotopic (exact) mass is 266 g/mol. The standard InChI is InChI=1S/C16H30N2O/c1-3-9-16(10-6-11-17-13-16)15(19)18(4-2)12-14-7-5-8-14/h14,17H,3-13H2,1-2H3. The number of piperidine rings is 1. The third kappa shape index (κ3) is 3.31. The smallest absolute Gasteiger partial charge is 0.230 e. The fourth-order valence-corrected chi connectivity index (χ4v) is 3.63. The number of hydrogen-bond donors (Lipinski definition) is 1. The van der Waals surface area contributed by atoms with Crippen LogP contribution in [0.2, 0.25) is 0 Å². The van der Waals surface area contributed by atoms with Crippen molar-refractivity contribution in [3.05, 3.63) is 0 Å². The van der Waals surface area contributed by atoms with Crippen LogP contribution in [0.4, 0.5) is 0 Å². The van der Waals surface area contributed by atoms with Gasteiger partial charge in [-0.1, -0.05) is 19.8 Å². The number of nitrogens with one attached hydrogen (secondary N) is 1. The van der Waals surface area contributed by atoms with Crippen LogP contribution in [0.3, 0.4) is 0 Å². The van der Waals surface area contributed by atoms with E-state index < -0.39 is 0 Å². The van der Waals surface area contributed by atoms with E-state index in [-0.39, 0.29) is 5.41 Å². The Bertz CT molecular complexity index is 288. The lowest BCUT2D eigenvalue weighted by Gasteiger charge is -2.41. The first-order valence-electron chi connectivity index (χ1n) is 8.22. The Labute approximate surface area is 118 Å². The first kappa shape index (κ1) is 14.8. The van der Waals surface area contributed by atoms with Gasteiger partial charge in [0.1, 0.15) is 0 Å². The average Bonchev–Trinajstić information content (AvgIpc) is 2.38. The first-order chi connectivity index (χ1) is 9.22. The van der Waals surface area contributed by atoms with Crippen molar-refractivity contribution in [2.24, 2.45) is 11.3 Å². The van der Waals surface area contributed by atoms with Gasteiger partial charge in [-0.15, -0.1) is 0 Å². The summed E-state index contributed by atoms with van der Waals surface area (Å²) in [5.41, 5.74) is -0.104. The molecule has 110 valence electrons. The predicted octanol–water partition coefficient (Wildman–Crippen LogP) is 2.80. The van der Waals surface area contributed by atoms with Gasteiger partial charge in [0.25, 0.3) is 0 Å². The molecule has 1 heterocycles. The van der Waals surface area contributed by atoms with Gasteiger partial charge in [0.15, 0.2) is 0 Å². The van der Waals surface area contributed by atoms with Crippen LogP contribution in [-0.2, 0) is 4.79 Å². The van der Waals surface area contributed by atoms with Crippen LogP contribution in [0, 0.1) is 11.3 Å². The molecule has 0 radical (unpaired) electrons. The molecule has 2 aliphatic rings. The van der Waals surface area contributed by atoms with E-state index in [1.165, 1.54) is 19.3 Å². The Kier molecular flexibility index (Phi) is 5.26. The molecule has 1 aliphatic heterocycles. The highest BCUT2D eigenvalue weighted by Gasteiger charge is 2.41. The average molecular weight is 266 g/mol. The van der Waals surface area contributed by atoms with Gasteiger partial charge in [0.05, 0.1) is 5.41 Å². The molecule has 0 spiro atoms. The zero-order chi connectivity index (χ0) is 13.7. The van der Waals surface area contributed by atoms with Crippen molar-refractivity contribution >= 4 is 5.91 Å². The lowest BCUT2D eigenvalue weighted by molar-refractivity contribution is -0.144. The fraction of sp³-hybridized carbons (Fsp3) is 0.938. The van der Waals surface area contributed by atoms with Crippen molar-refractivity contribution in [2.75, 3.05) is 26.2 Å². The summed E-state index contributed by atoms with van der Waals surface area (Å²) < 4.78 is 0. The number of hydrogen-bond acceptors (Lipinski definition) is 2. The van der Waals surface area contributed by atoms with Gasteiger partial charge >= 0.3 is 0 Å². The van der Waals surface area contributed by atoms with Gasteiger partial charge in [-0.25, -0.2) is 0 Å². The summed E-state index contributed by atoms with van der Waals surface area (Å²) in [6.45, 7) is 8.17. The molecular weight excluding hydrogens is 236 g/mol. The fourth-order valence-electron chi connectivity index (χ4n) is 3.63. The minimum atomic E-state index is -0.104. The van der Waals surface area contributed by atoms with Gasteiger partial charge in [-0.2, -0.15) is 0 Å². The van der Waals surface area contributed by atoms with Crippen molar-refractivity contribution in [1.82, 2.24) is 10.2 Å². The first-order valence-corrected chi connectivity index (χ1v) is 8.22. The molecule has 1 aliphatic carbocycles. The van der Waals surface area contributed by atoms with Crippen LogP contribution in [0.1, 0.15) is 58.8 Å². The van der Waals surface area contributed by atoms with Crippen molar-refractivity contribution in [1.29, 1.82) is 0 Å². The minimum Gasteiger partial charge on any atom is -0.342 e. The van der Waals surface area contributed by atoms with E-state index in [2.05, 4.69) is 24.1 Å². The summed E-state index contributed by atoms with van der Waals surface area (Å²) >= 11 is 0. The van der Waals surface area contributed by atoms with Crippen LogP contribution in [0.15, 0.2) is 0 Å². The molecule has 0 aromatic rings. The topological polar surface area (TPSA) is 32.3 Å². The van der Waals surface area contributed by atoms with Gasteiger partial charge in [-0.05, 0) is 51.5 Å². The zero-order valence-electron chi connectivity index (χ0n) is 12.7. The zero-order valence-corrected chi connectivity index (χ0v) is 12.7. The molecule has 1 atom stereocenters. The summed E-state index contributed by atoms with van der Waals surface area (Å²) in [7, 11) is 0. The third-order valence-electron chi connectivity index (χ3n) is 5.03. The Morgan fingerprint density at radius 1 is 1.32 bits per heavy atom. The summed E-state index contributed by atoms with van der Waals surface area (Å²) in [4.78, 5) is 15.1. The second-order valence-corrected chi connectivity index (χ2v) is 6.45. The maximum atomic E-state index is 13.0. The molecule has 19 heavy (non-hydrogen) atoms. The number of rotatable bonds is 6. The molecule has 3 heteroatoms. The van der Waals surface area contributed by atoms with Gasteiger partial charge < -0.3 is 10.2 Å². The van der Waals surface area contributed by atoms with Crippen molar-refractivity contribution in [3.63, 3.8) is 0 Å². The van der Waals surface area contributed by atoms with Crippen LogP contribution in [0.5, 0.6) is 0 Å². The Balaban J connectivity index is 2.02. The summed E-state index contributed by atoms with van der Waals surface area (Å²) in [6, 6.07) is 0. The SMILES string of the molecule is CCCC1(C(=O)N(CC)CC2CCC2)CCCNC1. The van der Waals surface area contributed by atoms with E-state index >= 15 is 0 Å². The highest BCUT2D eigenvalue weighted by atomic mass is 16.2. The summed E-state index contributed by atoms with van der Waals surface area (Å²) in [5, 5.41) is 3.45. The molecule has 0 bridgehead atoms. The molecule has 0 aromatic carbocycles. The molecule has 1 N–H and O–H groups in total. The summed E-state index contributed by atoms with van der Waals surface area (Å²) in [6.07, 6.45) is 8.37. The van der Waals surface area contributed by atoms with Crippen molar-refractivity contribution in [2.45, 2.75) is 58.8 Å². The number of amides is 1. The lowest BCUT2D eigenvalue weighted by Crippen LogP contribution is -2.53. The second kappa shape index (κ2) is 6.74. The molecule has 1 saturated heterocycles. The molecule has 1 amide bonds. The Morgan fingerprint density at radius 2 is 2.11 bits per heavy atom. The number of nitrogens with zero attached hydrogens (tertiary/aromatic N) is 1. The molecule has 2 fully saturated rings. The molecular formula is C16H30N2O. The van der Waals surface area contributed by atoms with Crippen LogP contribution in [-0.4, -0.2) is 37.0 Å². The number of carbonyl (C=O) groups excluding carboxylic acids is 1. The summed E-state index contributed by atoms with van der Waals surface area (Å²) in [5.74, 6) is 1.20. The molecule has 0 aromatic heterocycles. The third-order valence-corrected chi connectivity index (χ3v) is 5.03. The van der Waals surface area contributed by atoms with E-state index in [9.17, 15) is 4.79 Å². The highest BCUT2D eigenvalue weighted by molar-refractivity contribution is 5.83. The molecule has 1 saturated carbocycles. The van der Waals surface area contributed by atoms with Gasteiger partial charge in [-0.3, -0.25) is 4.79 Å². The van der Waals surface area contributed by atoms with Gasteiger partial charge in [0, 0.05) is 19.6 Å². The maximum absolute atomic E-state index is 13.0. The lowest BCUT2D eigenvalue weighted by atomic mass is 9.75. The van der Waals surface area contributed by atoms with Crippen molar-refractivity contribution in [3.8, 4) is 0 Å². The minimum absolute atomic E-state index is 0.104. The quantitative estimate of drug-likeness (QED) is 0.802. The maximum Gasteiger partial charge on any atom is 0.230 e. The molecule has 1 unspecified atom stereocenters. The largest absolute Gasteiger partial charge is 0.342 e. The van der Waals surface area contributed by atoms with Crippen molar-refractivity contribution < 1.29 is 4.79 Å². The van der Waals surface area contributed by atoms with E-state index in [0.29, 0.717) is 5.91 Å². The highest BCUT2D eigenvalue weighted by Crippen LogP contribution is 2.35. The van der Waals surface area contributed by atoms with E-state index in [1.807, 2.05) is 0 Å². The van der Waals surface area contributed by atoms with Crippen LogP contribution in [0.25, 0.3) is 0 Å². The second-order valence-electron chi connectivity index (χ2n) is 6.45. The van der Waals surface area contributed by atoms with Gasteiger partial charge in [0.2, 0.25) is 5.91 Å².